The summed E-state index contributed by atoms with van der Waals surface area (Å²) < 4.78 is 0. The van der Waals surface area contributed by atoms with Crippen LogP contribution in [0, 0.1) is 0 Å². The average Bonchev–Trinajstić information content (AvgIpc) is 3.09. The van der Waals surface area contributed by atoms with Crippen molar-refractivity contribution in [1.82, 2.24) is 14.8 Å². The van der Waals surface area contributed by atoms with Crippen LogP contribution in [-0.4, -0.2) is 46.9 Å². The van der Waals surface area contributed by atoms with Gasteiger partial charge in [-0.2, -0.15) is 0 Å². The molecule has 1 fully saturated rings. The first kappa shape index (κ1) is 16.9. The molecule has 24 heavy (non-hydrogen) atoms. The van der Waals surface area contributed by atoms with E-state index >= 15 is 0 Å². The van der Waals surface area contributed by atoms with Gasteiger partial charge in [0.1, 0.15) is 0 Å². The zero-order valence-corrected chi connectivity index (χ0v) is 14.8. The molecule has 0 N–H and O–H groups in total. The Bertz CT molecular complexity index is 688. The summed E-state index contributed by atoms with van der Waals surface area (Å²) >= 11 is 1.74. The predicted molar refractivity (Wildman–Crippen MR) is 98.8 cm³/mol. The van der Waals surface area contributed by atoms with Gasteiger partial charge >= 0.3 is 0 Å². The molecule has 0 unspecified atom stereocenters. The molecule has 0 bridgehead atoms. The van der Waals surface area contributed by atoms with Crippen molar-refractivity contribution in [1.29, 1.82) is 0 Å². The van der Waals surface area contributed by atoms with Crippen LogP contribution in [0.4, 0.5) is 0 Å². The fourth-order valence-electron chi connectivity index (χ4n) is 2.78. The van der Waals surface area contributed by atoms with E-state index in [0.29, 0.717) is 0 Å². The number of aryl methyl sites for hydroxylation is 1. The van der Waals surface area contributed by atoms with Gasteiger partial charge in [-0.15, -0.1) is 11.3 Å². The fourth-order valence-corrected chi connectivity index (χ4v) is 3.51. The number of carbonyl (C=O) groups is 1. The molecule has 2 heterocycles. The second-order valence-electron chi connectivity index (χ2n) is 5.93. The Balaban J connectivity index is 1.47. The highest BCUT2D eigenvalue weighted by Crippen LogP contribution is 2.14. The summed E-state index contributed by atoms with van der Waals surface area (Å²) in [4.78, 5) is 21.2. The summed E-state index contributed by atoms with van der Waals surface area (Å²) in [6.45, 7) is 6.40. The first-order valence-corrected chi connectivity index (χ1v) is 9.30. The van der Waals surface area contributed by atoms with Gasteiger partial charge in [-0.25, -0.2) is 4.98 Å². The quantitative estimate of drug-likeness (QED) is 0.784. The smallest absolute Gasteiger partial charge is 0.246 e. The minimum Gasteiger partial charge on any atom is -0.337 e. The molecule has 1 saturated heterocycles. The topological polar surface area (TPSA) is 36.4 Å². The predicted octanol–water partition coefficient (Wildman–Crippen LogP) is 3.06. The first-order valence-electron chi connectivity index (χ1n) is 8.42. The third kappa shape index (κ3) is 4.52. The molecule has 1 amide bonds. The maximum Gasteiger partial charge on any atom is 0.246 e. The van der Waals surface area contributed by atoms with Crippen molar-refractivity contribution in [3.8, 4) is 0 Å². The normalized spacial score (nSPS) is 16.0. The van der Waals surface area contributed by atoms with Crippen LogP contribution in [0.5, 0.6) is 0 Å². The third-order valence-corrected chi connectivity index (χ3v) is 5.23. The second-order valence-corrected chi connectivity index (χ2v) is 6.87. The van der Waals surface area contributed by atoms with Crippen LogP contribution in [-0.2, 0) is 17.8 Å². The molecule has 0 spiro atoms. The van der Waals surface area contributed by atoms with Crippen LogP contribution < -0.4 is 0 Å². The van der Waals surface area contributed by atoms with Crippen molar-refractivity contribution in [2.75, 3.05) is 26.2 Å². The number of hydrogen-bond donors (Lipinski definition) is 0. The lowest BCUT2D eigenvalue weighted by molar-refractivity contribution is -0.127. The van der Waals surface area contributed by atoms with Crippen molar-refractivity contribution in [2.24, 2.45) is 0 Å². The molecule has 5 heteroatoms. The van der Waals surface area contributed by atoms with E-state index in [2.05, 4.69) is 22.2 Å². The molecule has 1 aromatic heterocycles. The molecule has 0 aliphatic carbocycles. The largest absolute Gasteiger partial charge is 0.337 e. The number of thiazole rings is 1. The summed E-state index contributed by atoms with van der Waals surface area (Å²) in [6, 6.07) is 9.93. The van der Waals surface area contributed by atoms with Crippen molar-refractivity contribution >= 4 is 23.3 Å². The minimum absolute atomic E-state index is 0.0976. The maximum atomic E-state index is 12.3. The lowest BCUT2D eigenvalue weighted by atomic mass is 10.2. The maximum absolute atomic E-state index is 12.3. The summed E-state index contributed by atoms with van der Waals surface area (Å²) in [6.07, 6.45) is 4.57. The van der Waals surface area contributed by atoms with E-state index in [1.807, 2.05) is 41.3 Å². The molecule has 0 radical (unpaired) electrons. The molecule has 1 aliphatic heterocycles. The number of aromatic nitrogens is 1. The second kappa shape index (κ2) is 8.22. The third-order valence-electron chi connectivity index (χ3n) is 4.19. The van der Waals surface area contributed by atoms with Crippen molar-refractivity contribution < 1.29 is 4.79 Å². The molecular formula is C19H23N3OS. The van der Waals surface area contributed by atoms with Crippen LogP contribution >= 0.6 is 11.3 Å². The van der Waals surface area contributed by atoms with E-state index in [9.17, 15) is 4.79 Å². The van der Waals surface area contributed by atoms with E-state index in [1.165, 1.54) is 5.01 Å². The van der Waals surface area contributed by atoms with Gasteiger partial charge in [0.25, 0.3) is 0 Å². The van der Waals surface area contributed by atoms with Crippen molar-refractivity contribution in [3.05, 3.63) is 58.1 Å². The fraction of sp³-hybridized carbons (Fsp3) is 0.368. The number of rotatable bonds is 5. The Morgan fingerprint density at radius 2 is 1.96 bits per heavy atom. The molecule has 1 aliphatic rings. The van der Waals surface area contributed by atoms with E-state index < -0.39 is 0 Å². The van der Waals surface area contributed by atoms with Gasteiger partial charge in [0, 0.05) is 44.2 Å². The Morgan fingerprint density at radius 3 is 2.62 bits per heavy atom. The van der Waals surface area contributed by atoms with Gasteiger partial charge in [-0.05, 0) is 18.1 Å². The van der Waals surface area contributed by atoms with E-state index in [0.717, 1.165) is 50.4 Å². The van der Waals surface area contributed by atoms with E-state index in [-0.39, 0.29) is 5.91 Å². The van der Waals surface area contributed by atoms with Gasteiger partial charge in [0.2, 0.25) is 5.91 Å². The lowest BCUT2D eigenvalue weighted by Crippen LogP contribution is -2.47. The molecule has 3 rings (SSSR count). The van der Waals surface area contributed by atoms with Gasteiger partial charge in [-0.1, -0.05) is 37.3 Å². The molecular weight excluding hydrogens is 318 g/mol. The summed E-state index contributed by atoms with van der Waals surface area (Å²) in [5.41, 5.74) is 2.21. The molecule has 4 nitrogen and oxygen atoms in total. The minimum atomic E-state index is 0.0976. The zero-order valence-electron chi connectivity index (χ0n) is 14.0. The Labute approximate surface area is 147 Å². The Morgan fingerprint density at radius 1 is 1.21 bits per heavy atom. The van der Waals surface area contributed by atoms with Crippen LogP contribution in [0.1, 0.15) is 23.2 Å². The van der Waals surface area contributed by atoms with Crippen LogP contribution in [0.2, 0.25) is 0 Å². The zero-order chi connectivity index (χ0) is 16.8. The van der Waals surface area contributed by atoms with Gasteiger partial charge in [-0.3, -0.25) is 9.69 Å². The van der Waals surface area contributed by atoms with Gasteiger partial charge in [0.05, 0.1) is 10.7 Å². The monoisotopic (exact) mass is 341 g/mol. The number of nitrogens with zero attached hydrogens (tertiary/aromatic N) is 3. The summed E-state index contributed by atoms with van der Waals surface area (Å²) in [7, 11) is 0. The Hall–Kier alpha value is -1.98. The van der Waals surface area contributed by atoms with Crippen LogP contribution in [0.3, 0.4) is 0 Å². The van der Waals surface area contributed by atoms with Crippen LogP contribution in [0.25, 0.3) is 6.08 Å². The van der Waals surface area contributed by atoms with Crippen LogP contribution in [0.15, 0.2) is 41.8 Å². The summed E-state index contributed by atoms with van der Waals surface area (Å²) in [5.74, 6) is 0.0976. The number of hydrogen-bond acceptors (Lipinski definition) is 4. The molecule has 0 atom stereocenters. The van der Waals surface area contributed by atoms with E-state index in [1.54, 1.807) is 17.4 Å². The number of amides is 1. The van der Waals surface area contributed by atoms with Crippen molar-refractivity contribution in [2.45, 2.75) is 19.9 Å². The standard InChI is InChI=1S/C19H23N3OS/c1-2-18-20-17(15-24-18)14-21-10-12-22(13-11-21)19(23)9-8-16-6-4-3-5-7-16/h3-9,15H,2,10-14H2,1H3/b9-8+. The van der Waals surface area contributed by atoms with Gasteiger partial charge < -0.3 is 4.90 Å². The molecule has 126 valence electrons. The molecule has 2 aromatic rings. The highest BCUT2D eigenvalue weighted by atomic mass is 32.1. The van der Waals surface area contributed by atoms with E-state index in [4.69, 9.17) is 0 Å². The van der Waals surface area contributed by atoms with Crippen molar-refractivity contribution in [3.63, 3.8) is 0 Å². The van der Waals surface area contributed by atoms with Gasteiger partial charge in [0.15, 0.2) is 0 Å². The summed E-state index contributed by atoms with van der Waals surface area (Å²) in [5, 5.41) is 3.35. The number of piperazine rings is 1. The lowest BCUT2D eigenvalue weighted by Gasteiger charge is -2.33. The average molecular weight is 341 g/mol. The molecule has 1 aromatic carbocycles. The number of benzene rings is 1. The molecule has 0 saturated carbocycles. The first-order chi connectivity index (χ1) is 11.7. The highest BCUT2D eigenvalue weighted by Gasteiger charge is 2.20. The highest BCUT2D eigenvalue weighted by molar-refractivity contribution is 7.09. The SMILES string of the molecule is CCc1nc(CN2CCN(C(=O)/C=C/c3ccccc3)CC2)cs1. The Kier molecular flexibility index (Phi) is 5.77. The number of carbonyl (C=O) groups excluding carboxylic acids is 1.